The Morgan fingerprint density at radius 3 is 2.57 bits per heavy atom. The van der Waals surface area contributed by atoms with Crippen molar-refractivity contribution in [2.75, 3.05) is 0 Å². The molecule has 0 spiro atoms. The Kier molecular flexibility index (Phi) is 4.07. The molecule has 1 rings (SSSR count). The fourth-order valence-electron chi connectivity index (χ4n) is 1.05. The number of carbonyl (C=O) groups is 1. The summed E-state index contributed by atoms with van der Waals surface area (Å²) in [5, 5.41) is 2.59. The highest BCUT2D eigenvalue weighted by molar-refractivity contribution is 7.90. The molecule has 0 aliphatic rings. The van der Waals surface area contributed by atoms with Crippen LogP contribution in [0.5, 0.6) is 0 Å². The van der Waals surface area contributed by atoms with E-state index in [1.807, 2.05) is 24.3 Å². The van der Waals surface area contributed by atoms with Crippen LogP contribution in [0.1, 0.15) is 11.1 Å². The summed E-state index contributed by atoms with van der Waals surface area (Å²) in [4.78, 5) is 10.8. The molecule has 0 aromatic heterocycles. The van der Waals surface area contributed by atoms with Gasteiger partial charge in [0, 0.05) is 17.6 Å². The second-order valence-electron chi connectivity index (χ2n) is 2.75. The van der Waals surface area contributed by atoms with E-state index in [4.69, 9.17) is 5.73 Å². The second-order valence-corrected chi connectivity index (χ2v) is 3.23. The molecule has 3 nitrogen and oxygen atoms in total. The van der Waals surface area contributed by atoms with E-state index in [0.717, 1.165) is 16.0 Å². The molecule has 0 bridgehead atoms. The van der Waals surface area contributed by atoms with Gasteiger partial charge in [0.1, 0.15) is 0 Å². The van der Waals surface area contributed by atoms with Crippen LogP contribution in [0.2, 0.25) is 0 Å². The Bertz CT molecular complexity index is 332. The fourth-order valence-corrected chi connectivity index (χ4v) is 1.20. The van der Waals surface area contributed by atoms with Crippen LogP contribution in [0.25, 0.3) is 4.91 Å². The van der Waals surface area contributed by atoms with Gasteiger partial charge in [0.25, 0.3) is 0 Å². The number of hydrogen-bond acceptors (Lipinski definition) is 3. The zero-order valence-corrected chi connectivity index (χ0v) is 8.50. The van der Waals surface area contributed by atoms with Gasteiger partial charge in [-0.25, -0.2) is 0 Å². The molecule has 1 aromatic rings. The third kappa shape index (κ3) is 2.81. The average Bonchev–Trinajstić information content (AvgIpc) is 2.26. The third-order valence-electron chi connectivity index (χ3n) is 1.80. The molecule has 0 saturated heterocycles. The smallest absolute Gasteiger partial charge is 0.207 e. The molecule has 0 heterocycles. The van der Waals surface area contributed by atoms with Crippen molar-refractivity contribution in [3.8, 4) is 0 Å². The summed E-state index contributed by atoms with van der Waals surface area (Å²) in [5.74, 6) is 0. The average molecular weight is 208 g/mol. The van der Waals surface area contributed by atoms with E-state index >= 15 is 0 Å². The zero-order chi connectivity index (χ0) is 10.4. The molecular weight excluding hydrogens is 196 g/mol. The van der Waals surface area contributed by atoms with Crippen molar-refractivity contribution >= 4 is 23.9 Å². The Hall–Kier alpha value is -1.42. The number of hydrogen-bond donors (Lipinski definition) is 3. The summed E-state index contributed by atoms with van der Waals surface area (Å²) in [6.45, 7) is 0.540. The van der Waals surface area contributed by atoms with Crippen LogP contribution >= 0.6 is 12.6 Å². The molecule has 3 N–H and O–H groups in total. The maximum Gasteiger partial charge on any atom is 0.207 e. The van der Waals surface area contributed by atoms with Crippen LogP contribution in [-0.4, -0.2) is 6.41 Å². The number of rotatable bonds is 4. The molecule has 0 saturated carbocycles. The van der Waals surface area contributed by atoms with Gasteiger partial charge in [-0.3, -0.25) is 4.79 Å². The van der Waals surface area contributed by atoms with Gasteiger partial charge in [-0.05, 0) is 11.1 Å². The number of nitrogens with two attached hydrogens (primary N) is 1. The normalized spacial score (nSPS) is 11.1. The Balaban J connectivity index is 2.73. The van der Waals surface area contributed by atoms with Gasteiger partial charge < -0.3 is 11.1 Å². The topological polar surface area (TPSA) is 55.1 Å². The molecule has 0 aliphatic heterocycles. The van der Waals surface area contributed by atoms with Gasteiger partial charge >= 0.3 is 0 Å². The van der Waals surface area contributed by atoms with Gasteiger partial charge in [-0.15, -0.1) is 12.6 Å². The molecule has 0 radical (unpaired) electrons. The van der Waals surface area contributed by atoms with E-state index in [1.165, 1.54) is 6.20 Å². The van der Waals surface area contributed by atoms with E-state index in [-0.39, 0.29) is 0 Å². The van der Waals surface area contributed by atoms with Crippen molar-refractivity contribution in [3.63, 3.8) is 0 Å². The number of thiol groups is 1. The summed E-state index contributed by atoms with van der Waals surface area (Å²) in [6, 6.07) is 7.66. The molecule has 1 aromatic carbocycles. The van der Waals surface area contributed by atoms with E-state index in [9.17, 15) is 4.79 Å². The number of nitrogens with one attached hydrogen (secondary N) is 1. The Labute approximate surface area is 88.4 Å². The molecule has 0 unspecified atom stereocenters. The van der Waals surface area contributed by atoms with Gasteiger partial charge in [0.15, 0.2) is 0 Å². The Morgan fingerprint density at radius 2 is 2.07 bits per heavy atom. The molecule has 74 valence electrons. The minimum absolute atomic E-state index is 0.540. The van der Waals surface area contributed by atoms with Gasteiger partial charge in [0.2, 0.25) is 6.41 Å². The quantitative estimate of drug-likeness (QED) is 0.513. The lowest BCUT2D eigenvalue weighted by atomic mass is 10.1. The monoisotopic (exact) mass is 208 g/mol. The molecule has 0 fully saturated rings. The molecule has 4 heteroatoms. The first-order valence-corrected chi connectivity index (χ1v) is 4.60. The van der Waals surface area contributed by atoms with Gasteiger partial charge in [-0.1, -0.05) is 24.3 Å². The van der Waals surface area contributed by atoms with Crippen LogP contribution < -0.4 is 11.1 Å². The first kappa shape index (κ1) is 10.7. The largest absolute Gasteiger partial charge is 0.404 e. The lowest BCUT2D eigenvalue weighted by Gasteiger charge is -2.02. The number of benzene rings is 1. The van der Waals surface area contributed by atoms with Crippen LogP contribution in [0.15, 0.2) is 30.5 Å². The first-order chi connectivity index (χ1) is 6.77. The Morgan fingerprint density at radius 1 is 1.43 bits per heavy atom. The third-order valence-corrected chi connectivity index (χ3v) is 2.20. The van der Waals surface area contributed by atoms with E-state index in [1.54, 1.807) is 0 Å². The summed E-state index contributed by atoms with van der Waals surface area (Å²) >= 11 is 4.19. The summed E-state index contributed by atoms with van der Waals surface area (Å²) in [6.07, 6.45) is 2.12. The second kappa shape index (κ2) is 5.34. The van der Waals surface area contributed by atoms with E-state index in [0.29, 0.717) is 13.0 Å². The van der Waals surface area contributed by atoms with Crippen molar-refractivity contribution < 1.29 is 4.79 Å². The maximum absolute atomic E-state index is 10.1. The van der Waals surface area contributed by atoms with Crippen molar-refractivity contribution in [2.45, 2.75) is 6.54 Å². The number of amides is 1. The van der Waals surface area contributed by atoms with Gasteiger partial charge in [-0.2, -0.15) is 0 Å². The predicted octanol–water partition coefficient (Wildman–Crippen LogP) is 1.12. The molecule has 14 heavy (non-hydrogen) atoms. The molecule has 1 amide bonds. The molecular formula is C10H12N2OS. The summed E-state index contributed by atoms with van der Waals surface area (Å²) in [7, 11) is 0. The standard InChI is InChI=1S/C10H12N2OS/c11-5-10(14)9-3-1-8(2-4-9)6-12-7-13/h1-5,7,14H,6,11H2,(H,12,13)/b10-5-. The van der Waals surface area contributed by atoms with Crippen LogP contribution in [0.4, 0.5) is 0 Å². The minimum Gasteiger partial charge on any atom is -0.404 e. The van der Waals surface area contributed by atoms with Gasteiger partial charge in [0.05, 0.1) is 0 Å². The maximum atomic E-state index is 10.1. The van der Waals surface area contributed by atoms with E-state index in [2.05, 4.69) is 17.9 Å². The lowest BCUT2D eigenvalue weighted by Crippen LogP contribution is -2.09. The van der Waals surface area contributed by atoms with Crippen LogP contribution in [0.3, 0.4) is 0 Å². The highest BCUT2D eigenvalue weighted by atomic mass is 32.1. The fraction of sp³-hybridized carbons (Fsp3) is 0.100. The van der Waals surface area contributed by atoms with E-state index < -0.39 is 0 Å². The SMILES string of the molecule is N/C=C(\S)c1ccc(CNC=O)cc1. The zero-order valence-electron chi connectivity index (χ0n) is 7.60. The van der Waals surface area contributed by atoms with Crippen molar-refractivity contribution in [1.82, 2.24) is 5.32 Å². The minimum atomic E-state index is 0.540. The van der Waals surface area contributed by atoms with Crippen LogP contribution in [0, 0.1) is 0 Å². The highest BCUT2D eigenvalue weighted by Crippen LogP contribution is 2.17. The highest BCUT2D eigenvalue weighted by Gasteiger charge is 1.96. The predicted molar refractivity (Wildman–Crippen MR) is 60.5 cm³/mol. The van der Waals surface area contributed by atoms with Crippen molar-refractivity contribution in [2.24, 2.45) is 5.73 Å². The summed E-state index contributed by atoms with van der Waals surface area (Å²) in [5.41, 5.74) is 7.33. The summed E-state index contributed by atoms with van der Waals surface area (Å²) < 4.78 is 0. The molecule has 0 aliphatic carbocycles. The van der Waals surface area contributed by atoms with Crippen molar-refractivity contribution in [1.29, 1.82) is 0 Å². The lowest BCUT2D eigenvalue weighted by molar-refractivity contribution is -0.109. The number of carbonyl (C=O) groups excluding carboxylic acids is 1. The molecule has 0 atom stereocenters. The first-order valence-electron chi connectivity index (χ1n) is 4.15. The van der Waals surface area contributed by atoms with Crippen LogP contribution in [-0.2, 0) is 11.3 Å². The van der Waals surface area contributed by atoms with Crippen molar-refractivity contribution in [3.05, 3.63) is 41.6 Å².